The maximum atomic E-state index is 11.4. The molecule has 0 aliphatic rings. The molecule has 0 radical (unpaired) electrons. The van der Waals surface area contributed by atoms with Crippen molar-refractivity contribution in [2.75, 3.05) is 6.61 Å². The predicted molar refractivity (Wildman–Crippen MR) is 115 cm³/mol. The Morgan fingerprint density at radius 1 is 0.964 bits per heavy atom. The summed E-state index contributed by atoms with van der Waals surface area (Å²) in [5, 5.41) is 9.86. The van der Waals surface area contributed by atoms with Crippen LogP contribution in [0.15, 0.2) is 12.2 Å². The van der Waals surface area contributed by atoms with Crippen LogP contribution >= 0.6 is 0 Å². The summed E-state index contributed by atoms with van der Waals surface area (Å²) >= 11 is 0. The van der Waals surface area contributed by atoms with E-state index in [1.165, 1.54) is 26.2 Å². The van der Waals surface area contributed by atoms with E-state index in [1.807, 2.05) is 0 Å². The monoisotopic (exact) mass is 430 g/mol. The summed E-state index contributed by atoms with van der Waals surface area (Å²) in [6.07, 6.45) is 16.1. The third-order valence-corrected chi connectivity index (χ3v) is 5.09. The third kappa shape index (κ3) is 20.8. The molecule has 0 amide bonds. The molecule has 0 rings (SSSR count). The van der Waals surface area contributed by atoms with Crippen LogP contribution < -0.4 is 0 Å². The summed E-state index contributed by atoms with van der Waals surface area (Å²) in [4.78, 5) is 11.4. The van der Waals surface area contributed by atoms with Gasteiger partial charge in [0.2, 0.25) is 0 Å². The normalized spacial score (nSPS) is 12.7. The quantitative estimate of drug-likeness (QED) is 0.199. The third-order valence-electron chi connectivity index (χ3n) is 4.17. The Hall–Kier alpha value is 0.0800. The van der Waals surface area contributed by atoms with Crippen LogP contribution in [0.25, 0.3) is 0 Å². The first kappa shape index (κ1) is 30.3. The average Bonchev–Trinajstić information content (AvgIpc) is 2.59. The summed E-state index contributed by atoms with van der Waals surface area (Å²) in [7, 11) is -4.18. The van der Waals surface area contributed by atoms with E-state index in [2.05, 4.69) is 27.4 Å². The number of aliphatic hydroxyl groups excluding tert-OH is 1. The molecule has 0 aromatic rings. The molecule has 162 valence electrons. The van der Waals surface area contributed by atoms with Crippen LogP contribution in [0.3, 0.4) is 0 Å². The molecule has 6 nitrogen and oxygen atoms in total. The molecule has 0 saturated heterocycles. The van der Waals surface area contributed by atoms with Crippen molar-refractivity contribution in [3.63, 3.8) is 0 Å². The van der Waals surface area contributed by atoms with Crippen LogP contribution in [0.2, 0.25) is 0 Å². The van der Waals surface area contributed by atoms with Gasteiger partial charge in [0.25, 0.3) is 0 Å². The minimum absolute atomic E-state index is 0. The number of carbonyl (C=O) groups excluding carboxylic acids is 1. The van der Waals surface area contributed by atoms with Crippen molar-refractivity contribution in [2.45, 2.75) is 103 Å². The Balaban J connectivity index is 0. The second kappa shape index (κ2) is 20.4. The van der Waals surface area contributed by atoms with E-state index in [0.29, 0.717) is 6.42 Å². The number of carbonyl (C=O) groups is 1. The summed E-state index contributed by atoms with van der Waals surface area (Å²) in [5.74, 6) is -0.764. The zero-order valence-corrected chi connectivity index (χ0v) is 17.8. The van der Waals surface area contributed by atoms with Gasteiger partial charge in [-0.2, -0.15) is 8.42 Å². The number of unbranched alkanes of at least 4 members (excludes halogenated alkanes) is 8. The van der Waals surface area contributed by atoms with Crippen molar-refractivity contribution < 1.29 is 26.7 Å². The van der Waals surface area contributed by atoms with Gasteiger partial charge < -0.3 is 9.29 Å². The summed E-state index contributed by atoms with van der Waals surface area (Å²) in [6, 6.07) is 0. The van der Waals surface area contributed by atoms with E-state index in [0.717, 1.165) is 51.4 Å². The van der Waals surface area contributed by atoms with Crippen LogP contribution in [0.4, 0.5) is 0 Å². The van der Waals surface area contributed by atoms with E-state index < -0.39 is 16.4 Å². The van der Waals surface area contributed by atoms with Gasteiger partial charge in [0.15, 0.2) is 0 Å². The van der Waals surface area contributed by atoms with Gasteiger partial charge in [-0.25, -0.2) is 4.18 Å². The average molecular weight is 431 g/mol. The molecule has 0 fully saturated rings. The Morgan fingerprint density at radius 2 is 1.61 bits per heavy atom. The van der Waals surface area contributed by atoms with E-state index in [-0.39, 0.29) is 48.7 Å². The van der Waals surface area contributed by atoms with E-state index in [4.69, 9.17) is 0 Å². The van der Waals surface area contributed by atoms with Crippen molar-refractivity contribution in [2.24, 2.45) is 0 Å². The fraction of sp³-hybridized carbons (Fsp3) is 0.850. The SMILES string of the molecule is CCCCCC[C@@H](O)C/C=C\CCCCCCCC(=O)OS(=O)(=O)OCC.[NaH]. The molecule has 0 aromatic heterocycles. The molecule has 0 bridgehead atoms. The number of allylic oxidation sites excluding steroid dienone is 1. The van der Waals surface area contributed by atoms with Crippen molar-refractivity contribution in [1.82, 2.24) is 0 Å². The second-order valence-corrected chi connectivity index (χ2v) is 8.01. The maximum absolute atomic E-state index is 11.4. The Kier molecular flexibility index (Phi) is 22.0. The first-order valence-electron chi connectivity index (χ1n) is 10.4. The van der Waals surface area contributed by atoms with Crippen LogP contribution in [0, 0.1) is 0 Å². The molecule has 0 aromatic carbocycles. The van der Waals surface area contributed by atoms with Crippen molar-refractivity contribution >= 4 is 45.9 Å². The van der Waals surface area contributed by atoms with Gasteiger partial charge in [0.05, 0.1) is 12.7 Å². The predicted octanol–water partition coefficient (Wildman–Crippen LogP) is 4.17. The first-order valence-corrected chi connectivity index (χ1v) is 11.7. The van der Waals surface area contributed by atoms with E-state index in [9.17, 15) is 18.3 Å². The second-order valence-electron chi connectivity index (χ2n) is 6.79. The van der Waals surface area contributed by atoms with Gasteiger partial charge in [-0.15, -0.1) is 0 Å². The Bertz CT molecular complexity index is 493. The molecule has 1 atom stereocenters. The molecule has 0 saturated carbocycles. The van der Waals surface area contributed by atoms with Gasteiger partial charge in [-0.05, 0) is 39.0 Å². The number of hydrogen-bond acceptors (Lipinski definition) is 6. The van der Waals surface area contributed by atoms with Crippen molar-refractivity contribution in [1.29, 1.82) is 0 Å². The summed E-state index contributed by atoms with van der Waals surface area (Å²) in [5.41, 5.74) is 0. The van der Waals surface area contributed by atoms with Gasteiger partial charge in [-0.3, -0.25) is 4.79 Å². The molecular weight excluding hydrogens is 391 g/mol. The molecule has 0 aliphatic heterocycles. The first-order chi connectivity index (χ1) is 12.9. The molecule has 1 N–H and O–H groups in total. The van der Waals surface area contributed by atoms with Crippen LogP contribution in [-0.2, 0) is 23.6 Å². The summed E-state index contributed by atoms with van der Waals surface area (Å²) in [6.45, 7) is 3.64. The molecule has 8 heteroatoms. The minimum atomic E-state index is -4.18. The molecule has 0 unspecified atom stereocenters. The fourth-order valence-electron chi connectivity index (χ4n) is 2.68. The fourth-order valence-corrected chi connectivity index (χ4v) is 3.33. The molecule has 0 spiro atoms. The van der Waals surface area contributed by atoms with Crippen LogP contribution in [-0.4, -0.2) is 61.8 Å². The van der Waals surface area contributed by atoms with Crippen LogP contribution in [0.5, 0.6) is 0 Å². The molecular formula is C20H39NaO6S. The number of rotatable bonds is 18. The standard InChI is InChI=1S/C20H38O6S.Na.H/c1-3-5-6-13-16-19(21)17-14-11-9-7-8-10-12-15-18-20(22)26-27(23,24)25-4-2;;/h11,14,19,21H,3-10,12-13,15-18H2,1-2H3;;/b14-11-;;/t19-;;/m1../s1. The Morgan fingerprint density at radius 3 is 2.29 bits per heavy atom. The van der Waals surface area contributed by atoms with Gasteiger partial charge in [0.1, 0.15) is 0 Å². The Labute approximate surface area is 194 Å². The molecule has 28 heavy (non-hydrogen) atoms. The van der Waals surface area contributed by atoms with Crippen molar-refractivity contribution in [3.05, 3.63) is 12.2 Å². The van der Waals surface area contributed by atoms with E-state index in [1.54, 1.807) is 0 Å². The van der Waals surface area contributed by atoms with Crippen molar-refractivity contribution in [3.8, 4) is 0 Å². The topological polar surface area (TPSA) is 89.9 Å². The molecule has 0 heterocycles. The van der Waals surface area contributed by atoms with Gasteiger partial charge in [0, 0.05) is 6.42 Å². The van der Waals surface area contributed by atoms with Gasteiger partial charge in [-0.1, -0.05) is 64.0 Å². The zero-order valence-electron chi connectivity index (χ0n) is 17.0. The van der Waals surface area contributed by atoms with E-state index >= 15 is 0 Å². The number of hydrogen-bond donors (Lipinski definition) is 1. The van der Waals surface area contributed by atoms with Crippen LogP contribution in [0.1, 0.15) is 97.3 Å². The van der Waals surface area contributed by atoms with Gasteiger partial charge >= 0.3 is 45.9 Å². The molecule has 0 aliphatic carbocycles. The number of aliphatic hydroxyl groups is 1. The zero-order chi connectivity index (χ0) is 20.4. The summed E-state index contributed by atoms with van der Waals surface area (Å²) < 4.78 is 30.9.